The topological polar surface area (TPSA) is 73.8 Å². The van der Waals surface area contributed by atoms with Crippen LogP contribution in [0.4, 0.5) is 5.82 Å². The second-order valence-electron chi connectivity index (χ2n) is 8.31. The SMILES string of the molecule is CN1CCN(c2cc(-c3cnc4[nH]cc(-c5ccc6ncncc6c5)c4c3)ccn2)CC1. The number of aromatic nitrogens is 5. The van der Waals surface area contributed by atoms with E-state index >= 15 is 0 Å². The summed E-state index contributed by atoms with van der Waals surface area (Å²) in [5.74, 6) is 1.03. The van der Waals surface area contributed by atoms with Crippen LogP contribution < -0.4 is 4.90 Å². The molecule has 0 atom stereocenters. The Balaban J connectivity index is 1.39. The first-order chi connectivity index (χ1) is 15.7. The molecule has 7 heteroatoms. The first kappa shape index (κ1) is 18.9. The second-order valence-corrected chi connectivity index (χ2v) is 8.31. The van der Waals surface area contributed by atoms with Gasteiger partial charge in [-0.3, -0.25) is 0 Å². The van der Waals surface area contributed by atoms with E-state index in [0.717, 1.165) is 76.2 Å². The normalized spacial score (nSPS) is 15.0. The molecule has 0 saturated carbocycles. The summed E-state index contributed by atoms with van der Waals surface area (Å²) >= 11 is 0. The van der Waals surface area contributed by atoms with E-state index in [-0.39, 0.29) is 0 Å². The number of benzene rings is 1. The molecule has 1 fully saturated rings. The highest BCUT2D eigenvalue weighted by atomic mass is 15.3. The first-order valence-corrected chi connectivity index (χ1v) is 10.8. The number of likely N-dealkylation sites (N-methyl/N-ethyl adjacent to an activating group) is 1. The molecule has 1 aliphatic heterocycles. The van der Waals surface area contributed by atoms with E-state index in [9.17, 15) is 0 Å². The van der Waals surface area contributed by atoms with Crippen molar-refractivity contribution in [1.82, 2.24) is 29.8 Å². The van der Waals surface area contributed by atoms with Crippen molar-refractivity contribution in [2.24, 2.45) is 0 Å². The molecule has 5 heterocycles. The molecule has 0 unspecified atom stereocenters. The first-order valence-electron chi connectivity index (χ1n) is 10.8. The molecule has 0 aliphatic carbocycles. The number of aromatic amines is 1. The Morgan fingerprint density at radius 3 is 2.66 bits per heavy atom. The zero-order chi connectivity index (χ0) is 21.5. The van der Waals surface area contributed by atoms with Crippen molar-refractivity contribution in [3.8, 4) is 22.3 Å². The summed E-state index contributed by atoms with van der Waals surface area (Å²) in [5.41, 5.74) is 6.26. The Morgan fingerprint density at radius 2 is 1.75 bits per heavy atom. The lowest BCUT2D eigenvalue weighted by molar-refractivity contribution is 0.312. The maximum atomic E-state index is 4.70. The van der Waals surface area contributed by atoms with Crippen LogP contribution >= 0.6 is 0 Å². The molecular formula is C25H23N7. The molecule has 158 valence electrons. The monoisotopic (exact) mass is 421 g/mol. The number of rotatable bonds is 3. The third-order valence-electron chi connectivity index (χ3n) is 6.25. The molecule has 1 aliphatic rings. The van der Waals surface area contributed by atoms with Crippen LogP contribution in [0.2, 0.25) is 0 Å². The number of pyridine rings is 2. The van der Waals surface area contributed by atoms with Crippen LogP contribution in [0.25, 0.3) is 44.2 Å². The van der Waals surface area contributed by atoms with Crippen molar-refractivity contribution in [2.45, 2.75) is 0 Å². The fourth-order valence-electron chi connectivity index (χ4n) is 4.36. The fraction of sp³-hybridized carbons (Fsp3) is 0.200. The molecule has 7 nitrogen and oxygen atoms in total. The van der Waals surface area contributed by atoms with Gasteiger partial charge in [0.1, 0.15) is 17.8 Å². The van der Waals surface area contributed by atoms with Crippen LogP contribution in [0.5, 0.6) is 0 Å². The molecule has 0 radical (unpaired) electrons. The van der Waals surface area contributed by atoms with E-state index in [1.807, 2.05) is 30.9 Å². The molecule has 0 amide bonds. The van der Waals surface area contributed by atoms with E-state index in [1.165, 1.54) is 0 Å². The molecule has 1 N–H and O–H groups in total. The Morgan fingerprint density at radius 1 is 0.844 bits per heavy atom. The molecule has 0 spiro atoms. The highest BCUT2D eigenvalue weighted by Crippen LogP contribution is 2.32. The average Bonchev–Trinajstić information content (AvgIpc) is 3.27. The van der Waals surface area contributed by atoms with Gasteiger partial charge in [0, 0.05) is 72.9 Å². The van der Waals surface area contributed by atoms with Gasteiger partial charge in [0.15, 0.2) is 0 Å². The summed E-state index contributed by atoms with van der Waals surface area (Å²) in [6, 6.07) is 12.7. The maximum Gasteiger partial charge on any atom is 0.137 e. The molecule has 1 aromatic carbocycles. The van der Waals surface area contributed by atoms with Gasteiger partial charge in [-0.05, 0) is 48.5 Å². The minimum atomic E-state index is 0.876. The smallest absolute Gasteiger partial charge is 0.137 e. The number of nitrogens with zero attached hydrogens (tertiary/aromatic N) is 6. The Labute approximate surface area is 185 Å². The van der Waals surface area contributed by atoms with Crippen molar-refractivity contribution in [2.75, 3.05) is 38.1 Å². The van der Waals surface area contributed by atoms with Crippen LogP contribution in [-0.4, -0.2) is 63.0 Å². The fourth-order valence-corrected chi connectivity index (χ4v) is 4.36. The number of anilines is 1. The summed E-state index contributed by atoms with van der Waals surface area (Å²) in [6.45, 7) is 4.11. The number of hydrogen-bond donors (Lipinski definition) is 1. The summed E-state index contributed by atoms with van der Waals surface area (Å²) in [5, 5.41) is 2.12. The summed E-state index contributed by atoms with van der Waals surface area (Å²) in [7, 11) is 2.17. The van der Waals surface area contributed by atoms with Gasteiger partial charge in [-0.25, -0.2) is 19.9 Å². The summed E-state index contributed by atoms with van der Waals surface area (Å²) in [6.07, 6.45) is 9.28. The Kier molecular flexibility index (Phi) is 4.54. The van der Waals surface area contributed by atoms with Crippen LogP contribution in [0.3, 0.4) is 0 Å². The molecule has 0 bridgehead atoms. The maximum absolute atomic E-state index is 4.70. The van der Waals surface area contributed by atoms with Crippen LogP contribution in [0, 0.1) is 0 Å². The van der Waals surface area contributed by atoms with Gasteiger partial charge >= 0.3 is 0 Å². The largest absolute Gasteiger partial charge is 0.354 e. The zero-order valence-corrected chi connectivity index (χ0v) is 17.9. The Hall–Kier alpha value is -3.84. The summed E-state index contributed by atoms with van der Waals surface area (Å²) in [4.78, 5) is 25.8. The summed E-state index contributed by atoms with van der Waals surface area (Å²) < 4.78 is 0. The number of piperazine rings is 1. The van der Waals surface area contributed by atoms with Gasteiger partial charge in [-0.1, -0.05) is 6.07 Å². The number of H-pyrrole nitrogens is 1. The average molecular weight is 422 g/mol. The highest BCUT2D eigenvalue weighted by Gasteiger charge is 2.16. The number of nitrogens with one attached hydrogen (secondary N) is 1. The standard InChI is InChI=1S/C25H23N7/c1-31-6-8-32(9-7-31)24-12-17(4-5-27-24)19-11-21-22(15-29-25(21)28-14-19)18-2-3-23-20(10-18)13-26-16-30-23/h2-5,10-16H,6-9H2,1H3,(H,28,29). The van der Waals surface area contributed by atoms with Gasteiger partial charge in [0.25, 0.3) is 0 Å². The third kappa shape index (κ3) is 3.36. The van der Waals surface area contributed by atoms with Crippen molar-refractivity contribution < 1.29 is 0 Å². The molecule has 6 rings (SSSR count). The van der Waals surface area contributed by atoms with Gasteiger partial charge in [-0.2, -0.15) is 0 Å². The van der Waals surface area contributed by atoms with Crippen LogP contribution in [0.1, 0.15) is 0 Å². The molecular weight excluding hydrogens is 398 g/mol. The van der Waals surface area contributed by atoms with Crippen LogP contribution in [0.15, 0.2) is 67.5 Å². The number of fused-ring (bicyclic) bond motifs is 2. The number of hydrogen-bond acceptors (Lipinski definition) is 6. The van der Waals surface area contributed by atoms with E-state index in [1.54, 1.807) is 6.33 Å². The molecule has 5 aromatic rings. The lowest BCUT2D eigenvalue weighted by Gasteiger charge is -2.33. The minimum Gasteiger partial charge on any atom is -0.354 e. The second kappa shape index (κ2) is 7.69. The minimum absolute atomic E-state index is 0.876. The predicted octanol–water partition coefficient (Wildman–Crippen LogP) is 3.99. The third-order valence-corrected chi connectivity index (χ3v) is 6.25. The zero-order valence-electron chi connectivity index (χ0n) is 17.9. The Bertz CT molecular complexity index is 1420. The lowest BCUT2D eigenvalue weighted by Crippen LogP contribution is -2.44. The van der Waals surface area contributed by atoms with Crippen molar-refractivity contribution in [1.29, 1.82) is 0 Å². The van der Waals surface area contributed by atoms with Gasteiger partial charge in [0.05, 0.1) is 5.52 Å². The lowest BCUT2D eigenvalue weighted by atomic mass is 10.0. The van der Waals surface area contributed by atoms with E-state index < -0.39 is 0 Å². The predicted molar refractivity (Wildman–Crippen MR) is 128 cm³/mol. The molecule has 1 saturated heterocycles. The quantitative estimate of drug-likeness (QED) is 0.475. The highest BCUT2D eigenvalue weighted by molar-refractivity contribution is 5.97. The van der Waals surface area contributed by atoms with Gasteiger partial charge in [-0.15, -0.1) is 0 Å². The van der Waals surface area contributed by atoms with Gasteiger partial charge in [0.2, 0.25) is 0 Å². The van der Waals surface area contributed by atoms with Crippen LogP contribution in [-0.2, 0) is 0 Å². The van der Waals surface area contributed by atoms with Crippen molar-refractivity contribution >= 4 is 27.8 Å². The van der Waals surface area contributed by atoms with Gasteiger partial charge < -0.3 is 14.8 Å². The molecule has 4 aromatic heterocycles. The van der Waals surface area contributed by atoms with E-state index in [0.29, 0.717) is 0 Å². The van der Waals surface area contributed by atoms with E-state index in [2.05, 4.69) is 67.1 Å². The molecule has 32 heavy (non-hydrogen) atoms. The van der Waals surface area contributed by atoms with Crippen molar-refractivity contribution in [3.05, 3.63) is 67.5 Å². The van der Waals surface area contributed by atoms with E-state index in [4.69, 9.17) is 4.98 Å². The van der Waals surface area contributed by atoms with Crippen molar-refractivity contribution in [3.63, 3.8) is 0 Å².